The molecule has 0 aromatic heterocycles. The van der Waals surface area contributed by atoms with Crippen LogP contribution in [0.5, 0.6) is 5.75 Å². The number of carbonyl (C=O) groups is 1. The van der Waals surface area contributed by atoms with Gasteiger partial charge in [0.2, 0.25) is 0 Å². The van der Waals surface area contributed by atoms with Crippen molar-refractivity contribution >= 4 is 11.7 Å². The molecule has 0 aliphatic rings. The Hall–Kier alpha value is -3.61. The first-order chi connectivity index (χ1) is 16.0. The van der Waals surface area contributed by atoms with E-state index in [4.69, 9.17) is 9.73 Å². The van der Waals surface area contributed by atoms with Crippen molar-refractivity contribution in [2.24, 2.45) is 4.99 Å². The van der Waals surface area contributed by atoms with Gasteiger partial charge in [-0.25, -0.2) is 4.79 Å². The highest BCUT2D eigenvalue weighted by Crippen LogP contribution is 2.24. The Bertz CT molecular complexity index is 1060. The topological polar surface area (TPSA) is 47.9 Å². The van der Waals surface area contributed by atoms with Crippen molar-refractivity contribution in [2.45, 2.75) is 45.2 Å². The van der Waals surface area contributed by atoms with Gasteiger partial charge in [-0.2, -0.15) is 0 Å². The van der Waals surface area contributed by atoms with Crippen LogP contribution in [0, 0.1) is 0 Å². The first kappa shape index (κ1) is 25.0. The number of hydrogen-bond donors (Lipinski definition) is 0. The van der Waals surface area contributed by atoms with Gasteiger partial charge in [-0.05, 0) is 38.5 Å². The summed E-state index contributed by atoms with van der Waals surface area (Å²) in [7, 11) is 0. The Labute approximate surface area is 197 Å². The highest BCUT2D eigenvalue weighted by atomic mass is 19.4. The molecular weight excluding hydrogens is 443 g/mol. The van der Waals surface area contributed by atoms with E-state index < -0.39 is 24.0 Å². The van der Waals surface area contributed by atoms with Crippen LogP contribution >= 0.6 is 0 Å². The van der Waals surface area contributed by atoms with E-state index >= 15 is 0 Å². The Balaban J connectivity index is 1.99. The molecule has 0 aliphatic heterocycles. The lowest BCUT2D eigenvalue weighted by molar-refractivity contribution is -0.274. The van der Waals surface area contributed by atoms with Gasteiger partial charge in [0.1, 0.15) is 11.4 Å². The molecule has 3 aromatic carbocycles. The first-order valence-electron chi connectivity index (χ1n) is 10.8. The molecule has 0 N–H and O–H groups in total. The van der Waals surface area contributed by atoms with Crippen LogP contribution in [0.3, 0.4) is 0 Å². The van der Waals surface area contributed by atoms with Crippen LogP contribution < -0.4 is 4.74 Å². The van der Waals surface area contributed by atoms with Gasteiger partial charge in [-0.15, -0.1) is 13.2 Å². The van der Waals surface area contributed by atoms with Crippen molar-refractivity contribution < 1.29 is 27.4 Å². The Morgan fingerprint density at radius 1 is 0.824 bits per heavy atom. The van der Waals surface area contributed by atoms with Crippen molar-refractivity contribution in [3.05, 3.63) is 102 Å². The van der Waals surface area contributed by atoms with E-state index in [0.29, 0.717) is 11.3 Å². The second-order valence-corrected chi connectivity index (χ2v) is 8.65. The highest BCUT2D eigenvalue weighted by Gasteiger charge is 2.31. The maximum Gasteiger partial charge on any atom is 0.573 e. The zero-order valence-corrected chi connectivity index (χ0v) is 19.2. The smallest absolute Gasteiger partial charge is 0.458 e. The molecule has 0 fully saturated rings. The number of ether oxygens (including phenoxy) is 2. The summed E-state index contributed by atoms with van der Waals surface area (Å²) in [5.74, 6) is -0.852. The van der Waals surface area contributed by atoms with Crippen LogP contribution in [-0.2, 0) is 16.0 Å². The summed E-state index contributed by atoms with van der Waals surface area (Å²) >= 11 is 0. The fourth-order valence-corrected chi connectivity index (χ4v) is 3.27. The minimum Gasteiger partial charge on any atom is -0.458 e. The van der Waals surface area contributed by atoms with Crippen molar-refractivity contribution in [1.82, 2.24) is 0 Å². The van der Waals surface area contributed by atoms with Crippen molar-refractivity contribution in [3.8, 4) is 5.75 Å². The molecule has 0 heterocycles. The second kappa shape index (κ2) is 10.5. The lowest BCUT2D eigenvalue weighted by atomic mass is 10.0. The minimum atomic E-state index is -4.77. The van der Waals surface area contributed by atoms with Crippen LogP contribution in [0.2, 0.25) is 0 Å². The molecule has 178 valence electrons. The lowest BCUT2D eigenvalue weighted by Crippen LogP contribution is -2.33. The molecule has 0 bridgehead atoms. The number of alkyl halides is 3. The molecule has 7 heteroatoms. The van der Waals surface area contributed by atoms with Crippen LogP contribution in [0.15, 0.2) is 89.9 Å². The summed E-state index contributed by atoms with van der Waals surface area (Å²) in [5.41, 5.74) is 2.17. The number of benzene rings is 3. The fourth-order valence-electron chi connectivity index (χ4n) is 3.27. The summed E-state index contributed by atoms with van der Waals surface area (Å²) in [6.45, 7) is 5.30. The van der Waals surface area contributed by atoms with Gasteiger partial charge < -0.3 is 9.47 Å². The van der Waals surface area contributed by atoms with E-state index in [-0.39, 0.29) is 12.2 Å². The van der Waals surface area contributed by atoms with Crippen LogP contribution in [0.25, 0.3) is 0 Å². The first-order valence-corrected chi connectivity index (χ1v) is 10.8. The Kier molecular flexibility index (Phi) is 7.76. The lowest BCUT2D eigenvalue weighted by Gasteiger charge is -2.23. The number of halogens is 3. The standard InChI is InChI=1S/C27H26F3NO3/c1-26(2,3)34-25(32)23(18-19-14-16-22(17-15-19)33-27(28,29)30)31-24(20-10-6-4-7-11-20)21-12-8-5-9-13-21/h4-17,23H,18H2,1-3H3. The van der Waals surface area contributed by atoms with Crippen molar-refractivity contribution in [3.63, 3.8) is 0 Å². The zero-order chi connectivity index (χ0) is 24.8. The third kappa shape index (κ3) is 7.76. The Morgan fingerprint density at radius 2 is 1.32 bits per heavy atom. The van der Waals surface area contributed by atoms with Crippen LogP contribution in [-0.4, -0.2) is 29.7 Å². The number of aliphatic imine (C=N–C) groups is 1. The summed E-state index contributed by atoms with van der Waals surface area (Å²) in [5, 5.41) is 0. The SMILES string of the molecule is CC(C)(C)OC(=O)C(Cc1ccc(OC(F)(F)F)cc1)N=C(c1ccccc1)c1ccccc1. The number of rotatable bonds is 7. The fraction of sp³-hybridized carbons (Fsp3) is 0.259. The van der Waals surface area contributed by atoms with Gasteiger partial charge in [-0.1, -0.05) is 72.8 Å². The average Bonchev–Trinajstić information content (AvgIpc) is 2.77. The van der Waals surface area contributed by atoms with E-state index in [1.54, 1.807) is 20.8 Å². The molecule has 0 radical (unpaired) electrons. The summed E-state index contributed by atoms with van der Waals surface area (Å²) < 4.78 is 47.0. The van der Waals surface area contributed by atoms with E-state index in [2.05, 4.69) is 4.74 Å². The molecule has 0 saturated carbocycles. The molecule has 3 rings (SSSR count). The molecule has 0 spiro atoms. The van der Waals surface area contributed by atoms with Gasteiger partial charge in [0.15, 0.2) is 6.04 Å². The molecule has 1 atom stereocenters. The van der Waals surface area contributed by atoms with Gasteiger partial charge in [-0.3, -0.25) is 4.99 Å². The van der Waals surface area contributed by atoms with Gasteiger partial charge in [0.05, 0.1) is 5.71 Å². The van der Waals surface area contributed by atoms with Gasteiger partial charge >= 0.3 is 12.3 Å². The second-order valence-electron chi connectivity index (χ2n) is 8.65. The predicted octanol–water partition coefficient (Wildman–Crippen LogP) is 6.38. The number of hydrogen-bond acceptors (Lipinski definition) is 4. The molecule has 0 amide bonds. The largest absolute Gasteiger partial charge is 0.573 e. The molecular formula is C27H26F3NO3. The molecule has 0 saturated heterocycles. The maximum absolute atomic E-state index is 13.1. The maximum atomic E-state index is 13.1. The monoisotopic (exact) mass is 469 g/mol. The quantitative estimate of drug-likeness (QED) is 0.298. The average molecular weight is 470 g/mol. The number of esters is 1. The summed E-state index contributed by atoms with van der Waals surface area (Å²) in [6, 6.07) is 23.4. The van der Waals surface area contributed by atoms with E-state index in [1.165, 1.54) is 24.3 Å². The van der Waals surface area contributed by atoms with E-state index in [9.17, 15) is 18.0 Å². The van der Waals surface area contributed by atoms with Crippen LogP contribution in [0.1, 0.15) is 37.5 Å². The van der Waals surface area contributed by atoms with Crippen molar-refractivity contribution in [1.29, 1.82) is 0 Å². The highest BCUT2D eigenvalue weighted by molar-refractivity contribution is 6.13. The minimum absolute atomic E-state index is 0.143. The third-order valence-corrected chi connectivity index (χ3v) is 4.64. The summed E-state index contributed by atoms with van der Waals surface area (Å²) in [4.78, 5) is 17.9. The summed E-state index contributed by atoms with van der Waals surface area (Å²) in [6.07, 6.45) is -4.63. The number of carbonyl (C=O) groups excluding carboxylic acids is 1. The van der Waals surface area contributed by atoms with E-state index in [1.807, 2.05) is 60.7 Å². The van der Waals surface area contributed by atoms with Gasteiger partial charge in [0, 0.05) is 17.5 Å². The van der Waals surface area contributed by atoms with Crippen LogP contribution in [0.4, 0.5) is 13.2 Å². The molecule has 3 aromatic rings. The molecule has 1 unspecified atom stereocenters. The predicted molar refractivity (Wildman–Crippen MR) is 125 cm³/mol. The van der Waals surface area contributed by atoms with E-state index in [0.717, 1.165) is 11.1 Å². The zero-order valence-electron chi connectivity index (χ0n) is 19.2. The Morgan fingerprint density at radius 3 is 1.76 bits per heavy atom. The van der Waals surface area contributed by atoms with Gasteiger partial charge in [0.25, 0.3) is 0 Å². The van der Waals surface area contributed by atoms with Crippen molar-refractivity contribution in [2.75, 3.05) is 0 Å². The number of nitrogens with zero attached hydrogens (tertiary/aromatic N) is 1. The molecule has 34 heavy (non-hydrogen) atoms. The third-order valence-electron chi connectivity index (χ3n) is 4.64. The molecule has 4 nitrogen and oxygen atoms in total. The molecule has 0 aliphatic carbocycles. The normalized spacial score (nSPS) is 12.5.